The Bertz CT molecular complexity index is 857. The first-order chi connectivity index (χ1) is 12.5. The van der Waals surface area contributed by atoms with E-state index >= 15 is 0 Å². The number of rotatable bonds is 2. The Kier molecular flexibility index (Phi) is 4.03. The minimum atomic E-state index is -0.265. The summed E-state index contributed by atoms with van der Waals surface area (Å²) in [5.74, 6) is 0.383. The fourth-order valence-corrected chi connectivity index (χ4v) is 3.56. The monoisotopic (exact) mass is 358 g/mol. The Morgan fingerprint density at radius 3 is 2.73 bits per heavy atom. The molecule has 2 aliphatic rings. The summed E-state index contributed by atoms with van der Waals surface area (Å²) in [5.41, 5.74) is 2.01. The van der Waals surface area contributed by atoms with Crippen LogP contribution in [-0.4, -0.2) is 87.3 Å². The number of amides is 2. The number of likely N-dealkylation sites (N-methyl/N-ethyl adjacent to an activating group) is 1. The highest BCUT2D eigenvalue weighted by Gasteiger charge is 2.39. The second kappa shape index (κ2) is 6.24. The predicted molar refractivity (Wildman–Crippen MR) is 92.3 cm³/mol. The van der Waals surface area contributed by atoms with Crippen LogP contribution in [0.25, 0.3) is 11.3 Å². The Morgan fingerprint density at radius 2 is 2.00 bits per heavy atom. The first kappa shape index (κ1) is 16.8. The highest BCUT2D eigenvalue weighted by molar-refractivity contribution is 5.94. The maximum Gasteiger partial charge on any atom is 0.276 e. The van der Waals surface area contributed by atoms with Crippen molar-refractivity contribution in [3.63, 3.8) is 0 Å². The van der Waals surface area contributed by atoms with Gasteiger partial charge in [-0.2, -0.15) is 5.10 Å². The molecule has 2 aromatic rings. The first-order valence-electron chi connectivity index (χ1n) is 8.69. The van der Waals surface area contributed by atoms with Crippen LogP contribution in [0.3, 0.4) is 0 Å². The van der Waals surface area contributed by atoms with Gasteiger partial charge in [-0.3, -0.25) is 19.2 Å². The predicted octanol–water partition coefficient (Wildman–Crippen LogP) is -0.0181. The van der Waals surface area contributed by atoms with Crippen molar-refractivity contribution in [2.45, 2.75) is 13.0 Å². The van der Waals surface area contributed by atoms with Crippen molar-refractivity contribution in [1.82, 2.24) is 29.6 Å². The molecule has 2 aliphatic heterocycles. The van der Waals surface area contributed by atoms with Gasteiger partial charge >= 0.3 is 0 Å². The third kappa shape index (κ3) is 2.68. The number of fused-ring (bicyclic) bond motifs is 1. The van der Waals surface area contributed by atoms with Crippen molar-refractivity contribution in [3.05, 3.63) is 23.7 Å². The zero-order valence-electron chi connectivity index (χ0n) is 15.2. The molecular formula is C17H22N6O3. The van der Waals surface area contributed by atoms with E-state index in [9.17, 15) is 9.59 Å². The normalized spacial score (nSPS) is 21.2. The highest BCUT2D eigenvalue weighted by Crippen LogP contribution is 2.24. The third-order valence-corrected chi connectivity index (χ3v) is 5.39. The van der Waals surface area contributed by atoms with Gasteiger partial charge in [0.2, 0.25) is 5.91 Å². The van der Waals surface area contributed by atoms with Crippen molar-refractivity contribution >= 4 is 11.8 Å². The number of aromatic nitrogens is 3. The topological polar surface area (TPSA) is 87.7 Å². The number of aryl methyl sites for hydroxylation is 1. The second-order valence-electron chi connectivity index (χ2n) is 6.91. The highest BCUT2D eigenvalue weighted by atomic mass is 16.5. The lowest BCUT2D eigenvalue weighted by Gasteiger charge is -2.45. The van der Waals surface area contributed by atoms with Gasteiger partial charge in [-0.1, -0.05) is 5.16 Å². The molecule has 2 amide bonds. The maximum atomic E-state index is 12.8. The molecule has 0 unspecified atom stereocenters. The average molecular weight is 358 g/mol. The Labute approximate surface area is 151 Å². The van der Waals surface area contributed by atoms with E-state index in [0.717, 1.165) is 24.3 Å². The number of nitrogens with zero attached hydrogens (tertiary/aromatic N) is 6. The van der Waals surface area contributed by atoms with E-state index in [1.165, 1.54) is 0 Å². The SMILES string of the molecule is Cc1c(-c2cc(C(=O)N3CCN4CCN(C)C(=O)[C@@H]4C3)no2)cnn1C. The van der Waals surface area contributed by atoms with Crippen molar-refractivity contribution in [2.75, 3.05) is 39.8 Å². The largest absolute Gasteiger partial charge is 0.355 e. The minimum Gasteiger partial charge on any atom is -0.355 e. The molecule has 0 aliphatic carbocycles. The Hall–Kier alpha value is -2.68. The van der Waals surface area contributed by atoms with Gasteiger partial charge < -0.3 is 14.3 Å². The first-order valence-corrected chi connectivity index (χ1v) is 8.69. The van der Waals surface area contributed by atoms with Gasteiger partial charge in [-0.25, -0.2) is 0 Å². The van der Waals surface area contributed by atoms with Crippen LogP contribution in [0.4, 0.5) is 0 Å². The zero-order valence-corrected chi connectivity index (χ0v) is 15.2. The lowest BCUT2D eigenvalue weighted by atomic mass is 10.1. The van der Waals surface area contributed by atoms with Gasteiger partial charge in [0.25, 0.3) is 5.91 Å². The van der Waals surface area contributed by atoms with Crippen molar-refractivity contribution in [2.24, 2.45) is 7.05 Å². The van der Waals surface area contributed by atoms with Crippen LogP contribution in [-0.2, 0) is 11.8 Å². The summed E-state index contributed by atoms with van der Waals surface area (Å²) in [5, 5.41) is 8.13. The fraction of sp³-hybridized carbons (Fsp3) is 0.529. The van der Waals surface area contributed by atoms with Crippen LogP contribution >= 0.6 is 0 Å². The molecule has 9 nitrogen and oxygen atoms in total. The smallest absolute Gasteiger partial charge is 0.276 e. The van der Waals surface area contributed by atoms with Gasteiger partial charge in [0.1, 0.15) is 6.04 Å². The third-order valence-electron chi connectivity index (χ3n) is 5.39. The Morgan fingerprint density at radius 1 is 1.23 bits per heavy atom. The van der Waals surface area contributed by atoms with E-state index in [1.807, 2.05) is 14.0 Å². The van der Waals surface area contributed by atoms with Gasteiger partial charge in [-0.15, -0.1) is 0 Å². The zero-order chi connectivity index (χ0) is 18.4. The van der Waals surface area contributed by atoms with Crippen LogP contribution in [0.15, 0.2) is 16.8 Å². The molecule has 2 fully saturated rings. The van der Waals surface area contributed by atoms with E-state index < -0.39 is 0 Å². The molecule has 2 aromatic heterocycles. The standard InChI is InChI=1S/C17H22N6O3/c1-11-12(9-18-21(11)3)15-8-13(19-26-15)16(24)23-7-6-22-5-4-20(2)17(25)14(22)10-23/h8-9,14H,4-7,10H2,1-3H3/t14-/m0/s1. The molecule has 4 rings (SSSR count). The lowest BCUT2D eigenvalue weighted by molar-refractivity contribution is -0.142. The molecule has 0 N–H and O–H groups in total. The van der Waals surface area contributed by atoms with E-state index in [-0.39, 0.29) is 23.6 Å². The van der Waals surface area contributed by atoms with Gasteiger partial charge in [-0.05, 0) is 6.92 Å². The van der Waals surface area contributed by atoms with Crippen LogP contribution in [0.2, 0.25) is 0 Å². The van der Waals surface area contributed by atoms with E-state index in [4.69, 9.17) is 4.52 Å². The summed E-state index contributed by atoms with van der Waals surface area (Å²) in [6.07, 6.45) is 1.69. The van der Waals surface area contributed by atoms with Gasteiger partial charge in [0.15, 0.2) is 11.5 Å². The van der Waals surface area contributed by atoms with Crippen LogP contribution in [0.1, 0.15) is 16.2 Å². The molecule has 0 radical (unpaired) electrons. The molecule has 1 atom stereocenters. The van der Waals surface area contributed by atoms with Crippen LogP contribution in [0.5, 0.6) is 0 Å². The summed E-state index contributed by atoms with van der Waals surface area (Å²) >= 11 is 0. The molecule has 138 valence electrons. The second-order valence-corrected chi connectivity index (χ2v) is 6.91. The van der Waals surface area contributed by atoms with Crippen molar-refractivity contribution in [3.8, 4) is 11.3 Å². The molecule has 0 aromatic carbocycles. The molecular weight excluding hydrogens is 336 g/mol. The number of piperazine rings is 2. The number of carbonyl (C=O) groups is 2. The van der Waals surface area contributed by atoms with Gasteiger partial charge in [0.05, 0.1) is 11.8 Å². The summed E-state index contributed by atoms with van der Waals surface area (Å²) < 4.78 is 7.11. The maximum absolute atomic E-state index is 12.8. The minimum absolute atomic E-state index is 0.0700. The number of carbonyl (C=O) groups excluding carboxylic acids is 2. The molecule has 4 heterocycles. The fourth-order valence-electron chi connectivity index (χ4n) is 3.56. The quantitative estimate of drug-likeness (QED) is 0.750. The summed E-state index contributed by atoms with van der Waals surface area (Å²) in [4.78, 5) is 30.8. The van der Waals surface area contributed by atoms with E-state index in [2.05, 4.69) is 15.2 Å². The summed E-state index contributed by atoms with van der Waals surface area (Å²) in [7, 11) is 3.65. The van der Waals surface area contributed by atoms with E-state index in [1.54, 1.807) is 33.8 Å². The molecule has 9 heteroatoms. The molecule has 0 saturated carbocycles. The molecule has 0 spiro atoms. The molecule has 2 saturated heterocycles. The Balaban J connectivity index is 1.52. The van der Waals surface area contributed by atoms with Gasteiger partial charge in [0, 0.05) is 58.6 Å². The molecule has 0 bridgehead atoms. The van der Waals surface area contributed by atoms with E-state index in [0.29, 0.717) is 25.4 Å². The lowest BCUT2D eigenvalue weighted by Crippen LogP contribution is -2.64. The van der Waals surface area contributed by atoms with Crippen LogP contribution in [0, 0.1) is 6.92 Å². The number of hydrogen-bond acceptors (Lipinski definition) is 6. The summed E-state index contributed by atoms with van der Waals surface area (Å²) in [6.45, 7) is 5.18. The average Bonchev–Trinajstić information content (AvgIpc) is 3.25. The van der Waals surface area contributed by atoms with Crippen LogP contribution < -0.4 is 0 Å². The van der Waals surface area contributed by atoms with Crippen molar-refractivity contribution < 1.29 is 14.1 Å². The summed E-state index contributed by atoms with van der Waals surface area (Å²) in [6, 6.07) is 1.38. The number of hydrogen-bond donors (Lipinski definition) is 0. The molecule has 26 heavy (non-hydrogen) atoms. The van der Waals surface area contributed by atoms with Crippen molar-refractivity contribution in [1.29, 1.82) is 0 Å².